The highest BCUT2D eigenvalue weighted by Gasteiger charge is 2.26. The van der Waals surface area contributed by atoms with Gasteiger partial charge in [0.25, 0.3) is 0 Å². The van der Waals surface area contributed by atoms with Crippen LogP contribution in [0.1, 0.15) is 39.7 Å². The summed E-state index contributed by atoms with van der Waals surface area (Å²) in [6, 6.07) is 17.7. The second-order valence-corrected chi connectivity index (χ2v) is 8.48. The zero-order valence-electron chi connectivity index (χ0n) is 18.8. The summed E-state index contributed by atoms with van der Waals surface area (Å²) in [4.78, 5) is 24.5. The lowest BCUT2D eigenvalue weighted by Crippen LogP contribution is -2.42. The monoisotopic (exact) mass is 427 g/mol. The SMILES string of the molecule is CCOC(=O)[C@@H](CO)C[C@@H](Cc1ccc(-c2ccccc2)cc1)NC(=O)OC(C)(C)C. The van der Waals surface area contributed by atoms with Crippen molar-refractivity contribution in [2.24, 2.45) is 5.92 Å². The number of benzene rings is 2. The maximum absolute atomic E-state index is 12.4. The number of aliphatic hydroxyl groups is 1. The Hall–Kier alpha value is -2.86. The number of amides is 1. The van der Waals surface area contributed by atoms with Gasteiger partial charge in [-0.15, -0.1) is 0 Å². The second-order valence-electron chi connectivity index (χ2n) is 8.48. The van der Waals surface area contributed by atoms with Crippen LogP contribution in [0.3, 0.4) is 0 Å². The molecule has 2 atom stereocenters. The maximum Gasteiger partial charge on any atom is 0.407 e. The minimum atomic E-state index is -0.719. The van der Waals surface area contributed by atoms with Crippen molar-refractivity contribution in [1.29, 1.82) is 0 Å². The molecule has 0 aliphatic carbocycles. The molecule has 0 saturated heterocycles. The number of rotatable bonds is 9. The molecule has 2 aromatic rings. The number of esters is 1. The van der Waals surface area contributed by atoms with Gasteiger partial charge in [0.1, 0.15) is 5.60 Å². The van der Waals surface area contributed by atoms with E-state index in [-0.39, 0.29) is 19.6 Å². The van der Waals surface area contributed by atoms with E-state index in [0.29, 0.717) is 6.42 Å². The lowest BCUT2D eigenvalue weighted by molar-refractivity contribution is -0.149. The third kappa shape index (κ3) is 8.42. The van der Waals surface area contributed by atoms with E-state index < -0.39 is 29.6 Å². The number of aliphatic hydroxyl groups excluding tert-OH is 1. The third-order valence-corrected chi connectivity index (χ3v) is 4.67. The van der Waals surface area contributed by atoms with Crippen LogP contribution in [0.5, 0.6) is 0 Å². The minimum Gasteiger partial charge on any atom is -0.466 e. The Morgan fingerprint density at radius 2 is 1.61 bits per heavy atom. The van der Waals surface area contributed by atoms with E-state index in [9.17, 15) is 14.7 Å². The molecule has 0 spiro atoms. The number of ether oxygens (including phenoxy) is 2. The van der Waals surface area contributed by atoms with Crippen LogP contribution in [0.4, 0.5) is 4.79 Å². The molecule has 0 aromatic heterocycles. The summed E-state index contributed by atoms with van der Waals surface area (Å²) in [6.07, 6.45) is 0.179. The molecule has 0 aliphatic heterocycles. The standard InChI is InChI=1S/C25H33NO5/c1-5-30-23(28)21(17-27)16-22(26-24(29)31-25(2,3)4)15-18-11-13-20(14-12-18)19-9-7-6-8-10-19/h6-14,21-22,27H,5,15-17H2,1-4H3,(H,26,29)/t21-,22-/m1/s1. The van der Waals surface area contributed by atoms with Crippen LogP contribution < -0.4 is 5.32 Å². The number of hydrogen-bond acceptors (Lipinski definition) is 5. The molecule has 0 bridgehead atoms. The fourth-order valence-electron chi connectivity index (χ4n) is 3.26. The van der Waals surface area contributed by atoms with E-state index in [0.717, 1.165) is 16.7 Å². The molecule has 0 unspecified atom stereocenters. The van der Waals surface area contributed by atoms with Crippen molar-refractivity contribution >= 4 is 12.1 Å². The molecule has 2 N–H and O–H groups in total. The average molecular weight is 428 g/mol. The molecule has 31 heavy (non-hydrogen) atoms. The van der Waals surface area contributed by atoms with Crippen molar-refractivity contribution in [2.45, 2.75) is 52.2 Å². The Labute approximate surface area is 184 Å². The highest BCUT2D eigenvalue weighted by molar-refractivity contribution is 5.73. The fourth-order valence-corrected chi connectivity index (χ4v) is 3.26. The van der Waals surface area contributed by atoms with Gasteiger partial charge >= 0.3 is 12.1 Å². The van der Waals surface area contributed by atoms with Crippen molar-refractivity contribution in [3.8, 4) is 11.1 Å². The Morgan fingerprint density at radius 3 is 2.16 bits per heavy atom. The average Bonchev–Trinajstić information content (AvgIpc) is 2.71. The first-order chi connectivity index (χ1) is 14.7. The van der Waals surface area contributed by atoms with Crippen LogP contribution in [0.15, 0.2) is 54.6 Å². The molecule has 0 fully saturated rings. The summed E-state index contributed by atoms with van der Waals surface area (Å²) in [5.41, 5.74) is 2.59. The first-order valence-corrected chi connectivity index (χ1v) is 10.6. The molecular formula is C25H33NO5. The van der Waals surface area contributed by atoms with Crippen molar-refractivity contribution < 1.29 is 24.2 Å². The van der Waals surface area contributed by atoms with Crippen LogP contribution in [0.25, 0.3) is 11.1 Å². The van der Waals surface area contributed by atoms with E-state index in [1.807, 2.05) is 54.6 Å². The first kappa shape index (κ1) is 24.4. The molecule has 2 aromatic carbocycles. The molecule has 0 radical (unpaired) electrons. The first-order valence-electron chi connectivity index (χ1n) is 10.6. The van der Waals surface area contributed by atoms with Gasteiger partial charge in [-0.25, -0.2) is 4.79 Å². The van der Waals surface area contributed by atoms with Crippen LogP contribution in [-0.2, 0) is 20.7 Å². The molecule has 6 heteroatoms. The van der Waals surface area contributed by atoms with Gasteiger partial charge in [-0.1, -0.05) is 54.6 Å². The Kier molecular flexibility index (Phi) is 9.06. The molecule has 0 saturated carbocycles. The van der Waals surface area contributed by atoms with Gasteiger partial charge < -0.3 is 19.9 Å². The van der Waals surface area contributed by atoms with Crippen LogP contribution in [0.2, 0.25) is 0 Å². The normalized spacial score (nSPS) is 13.2. The molecule has 6 nitrogen and oxygen atoms in total. The zero-order chi connectivity index (χ0) is 22.9. The predicted octanol–water partition coefficient (Wildman–Crippen LogP) is 4.35. The van der Waals surface area contributed by atoms with E-state index in [4.69, 9.17) is 9.47 Å². The van der Waals surface area contributed by atoms with Crippen LogP contribution >= 0.6 is 0 Å². The van der Waals surface area contributed by atoms with E-state index >= 15 is 0 Å². The zero-order valence-corrected chi connectivity index (χ0v) is 18.8. The highest BCUT2D eigenvalue weighted by atomic mass is 16.6. The number of carbonyl (C=O) groups is 2. The summed E-state index contributed by atoms with van der Waals surface area (Å²) in [7, 11) is 0. The number of nitrogens with one attached hydrogen (secondary N) is 1. The van der Waals surface area contributed by atoms with Crippen molar-refractivity contribution in [3.05, 3.63) is 60.2 Å². The second kappa shape index (κ2) is 11.5. The fraction of sp³-hybridized carbons (Fsp3) is 0.440. The number of hydrogen-bond donors (Lipinski definition) is 2. The molecule has 0 aliphatic rings. The lowest BCUT2D eigenvalue weighted by atomic mass is 9.94. The lowest BCUT2D eigenvalue weighted by Gasteiger charge is -2.25. The largest absolute Gasteiger partial charge is 0.466 e. The molecule has 0 heterocycles. The summed E-state index contributed by atoms with van der Waals surface area (Å²) in [5, 5.41) is 12.5. The van der Waals surface area contributed by atoms with Gasteiger partial charge in [0.05, 0.1) is 19.1 Å². The molecule has 2 rings (SSSR count). The van der Waals surface area contributed by atoms with Crippen molar-refractivity contribution in [1.82, 2.24) is 5.32 Å². The summed E-state index contributed by atoms with van der Waals surface area (Å²) in [6.45, 7) is 6.98. The van der Waals surface area contributed by atoms with E-state index in [2.05, 4.69) is 5.32 Å². The van der Waals surface area contributed by atoms with Gasteiger partial charge in [0.2, 0.25) is 0 Å². The molecule has 1 amide bonds. The molecular weight excluding hydrogens is 394 g/mol. The smallest absolute Gasteiger partial charge is 0.407 e. The minimum absolute atomic E-state index is 0.237. The predicted molar refractivity (Wildman–Crippen MR) is 121 cm³/mol. The van der Waals surface area contributed by atoms with Gasteiger partial charge in [0.15, 0.2) is 0 Å². The summed E-state index contributed by atoms with van der Waals surface area (Å²) in [5.74, 6) is -1.19. The van der Waals surface area contributed by atoms with E-state index in [1.165, 1.54) is 0 Å². The third-order valence-electron chi connectivity index (χ3n) is 4.67. The quantitative estimate of drug-likeness (QED) is 0.581. The summed E-state index contributed by atoms with van der Waals surface area (Å²) >= 11 is 0. The highest BCUT2D eigenvalue weighted by Crippen LogP contribution is 2.21. The van der Waals surface area contributed by atoms with Gasteiger partial charge in [-0.2, -0.15) is 0 Å². The van der Waals surface area contributed by atoms with Crippen LogP contribution in [-0.4, -0.2) is 42.0 Å². The Bertz CT molecular complexity index is 827. The van der Waals surface area contributed by atoms with Gasteiger partial charge in [0, 0.05) is 6.04 Å². The number of carbonyl (C=O) groups excluding carboxylic acids is 2. The van der Waals surface area contributed by atoms with E-state index in [1.54, 1.807) is 27.7 Å². The van der Waals surface area contributed by atoms with Crippen molar-refractivity contribution in [3.63, 3.8) is 0 Å². The van der Waals surface area contributed by atoms with Crippen molar-refractivity contribution in [2.75, 3.05) is 13.2 Å². The van der Waals surface area contributed by atoms with Gasteiger partial charge in [-0.05, 0) is 57.2 Å². The molecule has 168 valence electrons. The van der Waals surface area contributed by atoms with Crippen LogP contribution in [0, 0.1) is 5.92 Å². The Morgan fingerprint density at radius 1 is 1.00 bits per heavy atom. The van der Waals surface area contributed by atoms with Gasteiger partial charge in [-0.3, -0.25) is 4.79 Å². The summed E-state index contributed by atoms with van der Waals surface area (Å²) < 4.78 is 10.4. The number of alkyl carbamates (subject to hydrolysis) is 1. The topological polar surface area (TPSA) is 84.9 Å². The maximum atomic E-state index is 12.4. The Balaban J connectivity index is 2.14.